The van der Waals surface area contributed by atoms with E-state index in [1.54, 1.807) is 0 Å². The van der Waals surface area contributed by atoms with Crippen LogP contribution in [0.1, 0.15) is 10.6 Å². The van der Waals surface area contributed by atoms with E-state index in [1.165, 1.54) is 15.3 Å². The van der Waals surface area contributed by atoms with Crippen LogP contribution in [0.3, 0.4) is 0 Å². The van der Waals surface area contributed by atoms with Crippen molar-refractivity contribution in [2.45, 2.75) is 12.3 Å². The number of benzene rings is 1. The van der Waals surface area contributed by atoms with Crippen molar-refractivity contribution < 1.29 is 4.74 Å². The highest BCUT2D eigenvalue weighted by Gasteiger charge is 2.13. The minimum absolute atomic E-state index is 0. The van der Waals surface area contributed by atoms with Crippen LogP contribution in [0, 0.1) is 0 Å². The second-order valence-electron chi connectivity index (χ2n) is 5.14. The first kappa shape index (κ1) is 21.3. The number of nitrogens with two attached hydrogens (primary N) is 1. The Bertz CT molecular complexity index is 591. The topological polar surface area (TPSA) is 51.4 Å². The van der Waals surface area contributed by atoms with Gasteiger partial charge in [0.1, 0.15) is 5.01 Å². The molecule has 0 unspecified atom stereocenters. The van der Waals surface area contributed by atoms with Gasteiger partial charge in [-0.05, 0) is 17.7 Å². The fourth-order valence-electron chi connectivity index (χ4n) is 2.40. The second-order valence-corrected chi connectivity index (χ2v) is 7.36. The van der Waals surface area contributed by atoms with Crippen molar-refractivity contribution >= 4 is 67.3 Å². The van der Waals surface area contributed by atoms with Gasteiger partial charge in [0.15, 0.2) is 0 Å². The monoisotopic (exact) mass is 483 g/mol. The number of thioether (sulfide) groups is 1. The Morgan fingerprint density at radius 1 is 1.26 bits per heavy atom. The lowest BCUT2D eigenvalue weighted by atomic mass is 10.2. The van der Waals surface area contributed by atoms with Crippen molar-refractivity contribution in [3.63, 3.8) is 0 Å². The molecule has 1 aliphatic heterocycles. The minimum Gasteiger partial charge on any atom is -0.379 e. The Labute approximate surface area is 166 Å². The Hall–Kier alpha value is 0.300. The lowest BCUT2D eigenvalue weighted by Gasteiger charge is -2.25. The molecule has 2 heterocycles. The van der Waals surface area contributed by atoms with Gasteiger partial charge in [0.2, 0.25) is 0 Å². The van der Waals surface area contributed by atoms with Gasteiger partial charge in [-0.15, -0.1) is 45.3 Å². The summed E-state index contributed by atoms with van der Waals surface area (Å²) >= 11 is 3.69. The smallest absolute Gasteiger partial charge is 0.108 e. The average molecular weight is 485 g/mol. The first-order valence-corrected chi connectivity index (χ1v) is 9.28. The molecule has 0 amide bonds. The van der Waals surface area contributed by atoms with Crippen LogP contribution in [0.15, 0.2) is 18.2 Å². The number of ether oxygens (including phenoxy) is 1. The summed E-state index contributed by atoms with van der Waals surface area (Å²) in [5.41, 5.74) is 8.00. The third kappa shape index (κ3) is 6.26. The van der Waals surface area contributed by atoms with Gasteiger partial charge in [0, 0.05) is 31.1 Å². The van der Waals surface area contributed by atoms with Gasteiger partial charge >= 0.3 is 0 Å². The van der Waals surface area contributed by atoms with Crippen molar-refractivity contribution in [2.75, 3.05) is 38.6 Å². The fraction of sp³-hybridized carbons (Fsp3) is 0.533. The van der Waals surface area contributed by atoms with Gasteiger partial charge in [-0.1, -0.05) is 6.07 Å². The van der Waals surface area contributed by atoms with Crippen molar-refractivity contribution in [1.29, 1.82) is 0 Å². The Balaban J connectivity index is 0.00000132. The summed E-state index contributed by atoms with van der Waals surface area (Å²) in [6, 6.07) is 6.63. The zero-order valence-corrected chi connectivity index (χ0v) is 18.0. The molecule has 1 fully saturated rings. The van der Waals surface area contributed by atoms with E-state index in [-0.39, 0.29) is 34.0 Å². The quantitative estimate of drug-likeness (QED) is 0.636. The van der Waals surface area contributed by atoms with Gasteiger partial charge < -0.3 is 10.5 Å². The summed E-state index contributed by atoms with van der Waals surface area (Å²) in [5, 5.41) is 1.21. The molecule has 1 aliphatic rings. The van der Waals surface area contributed by atoms with Crippen molar-refractivity contribution in [3.8, 4) is 0 Å². The Morgan fingerprint density at radius 2 is 2.04 bits per heavy atom. The summed E-state index contributed by atoms with van der Waals surface area (Å²) in [6.45, 7) is 5.39. The summed E-state index contributed by atoms with van der Waals surface area (Å²) < 4.78 is 6.67. The SMILES string of the molecule is Br.Br.NCCSCc1ccc2sc(CN3CCOCC3)nc2c1. The van der Waals surface area contributed by atoms with Crippen LogP contribution in [-0.4, -0.2) is 48.5 Å². The predicted molar refractivity (Wildman–Crippen MR) is 112 cm³/mol. The summed E-state index contributed by atoms with van der Waals surface area (Å²) in [4.78, 5) is 7.21. The van der Waals surface area contributed by atoms with E-state index in [4.69, 9.17) is 15.5 Å². The van der Waals surface area contributed by atoms with E-state index in [2.05, 4.69) is 23.1 Å². The van der Waals surface area contributed by atoms with Gasteiger partial charge in [0.05, 0.1) is 30.0 Å². The number of aromatic nitrogens is 1. The molecule has 0 atom stereocenters. The van der Waals surface area contributed by atoms with Gasteiger partial charge in [-0.2, -0.15) is 11.8 Å². The number of fused-ring (bicyclic) bond motifs is 1. The number of morpholine rings is 1. The number of hydrogen-bond donors (Lipinski definition) is 1. The number of rotatable bonds is 6. The van der Waals surface area contributed by atoms with Gasteiger partial charge in [-0.25, -0.2) is 4.98 Å². The molecular weight excluding hydrogens is 462 g/mol. The molecule has 4 nitrogen and oxygen atoms in total. The zero-order chi connectivity index (χ0) is 14.5. The van der Waals surface area contributed by atoms with Crippen LogP contribution in [0.2, 0.25) is 0 Å². The first-order chi connectivity index (χ1) is 10.3. The molecule has 1 aromatic heterocycles. The third-order valence-electron chi connectivity index (χ3n) is 3.49. The highest BCUT2D eigenvalue weighted by Crippen LogP contribution is 2.25. The molecule has 0 saturated carbocycles. The van der Waals surface area contributed by atoms with Crippen LogP contribution in [0.25, 0.3) is 10.2 Å². The molecule has 0 radical (unpaired) electrons. The molecule has 0 aliphatic carbocycles. The summed E-state index contributed by atoms with van der Waals surface area (Å²) in [5.74, 6) is 2.03. The number of nitrogens with zero attached hydrogens (tertiary/aromatic N) is 2. The number of hydrogen-bond acceptors (Lipinski definition) is 6. The van der Waals surface area contributed by atoms with E-state index in [0.29, 0.717) is 0 Å². The Kier molecular flexibility index (Phi) is 10.2. The zero-order valence-electron chi connectivity index (χ0n) is 12.9. The lowest BCUT2D eigenvalue weighted by molar-refractivity contribution is 0.0342. The van der Waals surface area contributed by atoms with Crippen LogP contribution in [-0.2, 0) is 17.0 Å². The van der Waals surface area contributed by atoms with Crippen LogP contribution in [0.5, 0.6) is 0 Å². The molecule has 130 valence electrons. The first-order valence-electron chi connectivity index (χ1n) is 7.31. The third-order valence-corrected chi connectivity index (χ3v) is 5.57. The molecule has 8 heteroatoms. The maximum atomic E-state index is 5.53. The van der Waals surface area contributed by atoms with Crippen LogP contribution in [0.4, 0.5) is 0 Å². The van der Waals surface area contributed by atoms with Gasteiger partial charge in [0.25, 0.3) is 0 Å². The maximum Gasteiger partial charge on any atom is 0.108 e. The highest BCUT2D eigenvalue weighted by atomic mass is 79.9. The second kappa shape index (κ2) is 11.0. The van der Waals surface area contributed by atoms with E-state index >= 15 is 0 Å². The largest absolute Gasteiger partial charge is 0.379 e. The lowest BCUT2D eigenvalue weighted by Crippen LogP contribution is -2.35. The van der Waals surface area contributed by atoms with Crippen LogP contribution >= 0.6 is 57.1 Å². The normalized spacial score (nSPS) is 15.2. The molecule has 3 rings (SSSR count). The molecule has 0 spiro atoms. The van der Waals surface area contributed by atoms with E-state index in [0.717, 1.165) is 56.4 Å². The predicted octanol–water partition coefficient (Wildman–Crippen LogP) is 3.48. The highest BCUT2D eigenvalue weighted by molar-refractivity contribution is 8.93. The number of halogens is 2. The molecule has 0 bridgehead atoms. The van der Waals surface area contributed by atoms with Crippen LogP contribution < -0.4 is 5.73 Å². The number of thiazole rings is 1. The molecule has 2 aromatic rings. The van der Waals surface area contributed by atoms with Crippen molar-refractivity contribution in [3.05, 3.63) is 28.8 Å². The molecular formula is C15H23Br2N3OS2. The van der Waals surface area contributed by atoms with Gasteiger partial charge in [-0.3, -0.25) is 4.90 Å². The molecule has 23 heavy (non-hydrogen) atoms. The molecule has 1 aromatic carbocycles. The average Bonchev–Trinajstić information content (AvgIpc) is 2.90. The summed E-state index contributed by atoms with van der Waals surface area (Å²) in [7, 11) is 0. The fourth-order valence-corrected chi connectivity index (χ4v) is 4.12. The van der Waals surface area contributed by atoms with Crippen molar-refractivity contribution in [1.82, 2.24) is 9.88 Å². The minimum atomic E-state index is 0. The standard InChI is InChI=1S/C15H21N3OS2.2BrH/c16-3-8-20-11-12-1-2-14-13(9-12)17-15(21-14)10-18-4-6-19-7-5-18;;/h1-2,9H,3-8,10-11,16H2;2*1H. The van der Waals surface area contributed by atoms with Crippen molar-refractivity contribution in [2.24, 2.45) is 5.73 Å². The van der Waals surface area contributed by atoms with E-state index in [9.17, 15) is 0 Å². The molecule has 1 saturated heterocycles. The van der Waals surface area contributed by atoms with E-state index in [1.807, 2.05) is 23.1 Å². The van der Waals surface area contributed by atoms with E-state index < -0.39 is 0 Å². The molecule has 2 N–H and O–H groups in total. The maximum absolute atomic E-state index is 5.53. The Morgan fingerprint density at radius 3 is 2.78 bits per heavy atom. The summed E-state index contributed by atoms with van der Waals surface area (Å²) in [6.07, 6.45) is 0.